The molecule has 1 amide bonds. The molecule has 0 aliphatic heterocycles. The average molecular weight is 307 g/mol. The maximum atomic E-state index is 11.8. The van der Waals surface area contributed by atoms with Crippen molar-refractivity contribution in [3.05, 3.63) is 0 Å². The molecule has 0 bridgehead atoms. The molecule has 6 nitrogen and oxygen atoms in total. The van der Waals surface area contributed by atoms with Gasteiger partial charge in [-0.25, -0.2) is 4.79 Å². The van der Waals surface area contributed by atoms with E-state index < -0.39 is 21.8 Å². The van der Waals surface area contributed by atoms with Gasteiger partial charge in [-0.1, -0.05) is 6.42 Å². The highest BCUT2D eigenvalue weighted by Crippen LogP contribution is 2.31. The second-order valence-electron chi connectivity index (χ2n) is 6.26. The minimum atomic E-state index is -3.44. The molecule has 1 aliphatic carbocycles. The van der Waals surface area contributed by atoms with Gasteiger partial charge in [0, 0.05) is 6.04 Å². The maximum absolute atomic E-state index is 11.8. The van der Waals surface area contributed by atoms with Crippen molar-refractivity contribution < 1.29 is 22.1 Å². The molecule has 1 atom stereocenters. The first-order valence-corrected chi connectivity index (χ1v) is 8.72. The first-order chi connectivity index (χ1) is 9.07. The quantitative estimate of drug-likeness (QED) is 0.759. The molecule has 1 N–H and O–H groups in total. The molecule has 1 rings (SSSR count). The van der Waals surface area contributed by atoms with E-state index in [0.29, 0.717) is 12.3 Å². The summed E-state index contributed by atoms with van der Waals surface area (Å²) in [6, 6.07) is -0.0969. The molecule has 0 spiro atoms. The summed E-state index contributed by atoms with van der Waals surface area (Å²) >= 11 is 0. The van der Waals surface area contributed by atoms with Crippen molar-refractivity contribution in [3.63, 3.8) is 0 Å². The largest absolute Gasteiger partial charge is 0.444 e. The van der Waals surface area contributed by atoms with E-state index in [4.69, 9.17) is 8.92 Å². The van der Waals surface area contributed by atoms with E-state index in [1.165, 1.54) is 0 Å². The van der Waals surface area contributed by atoms with Crippen molar-refractivity contribution in [2.45, 2.75) is 58.1 Å². The average Bonchev–Trinajstić information content (AvgIpc) is 2.08. The second-order valence-corrected chi connectivity index (χ2v) is 7.90. The van der Waals surface area contributed by atoms with Crippen LogP contribution in [0.25, 0.3) is 0 Å². The van der Waals surface area contributed by atoms with Gasteiger partial charge < -0.3 is 10.1 Å². The Hall–Kier alpha value is -0.820. The van der Waals surface area contributed by atoms with E-state index in [1.807, 2.05) is 0 Å². The lowest BCUT2D eigenvalue weighted by Gasteiger charge is -2.34. The summed E-state index contributed by atoms with van der Waals surface area (Å²) in [5, 5.41) is 2.83. The number of carbonyl (C=O) groups excluding carboxylic acids is 1. The van der Waals surface area contributed by atoms with Crippen LogP contribution in [0.5, 0.6) is 0 Å². The minimum Gasteiger partial charge on any atom is -0.444 e. The fraction of sp³-hybridized carbons (Fsp3) is 0.923. The van der Waals surface area contributed by atoms with Gasteiger partial charge in [0.15, 0.2) is 0 Å². The van der Waals surface area contributed by atoms with Crippen LogP contribution in [0.2, 0.25) is 0 Å². The van der Waals surface area contributed by atoms with Crippen molar-refractivity contribution in [2.24, 2.45) is 5.92 Å². The van der Waals surface area contributed by atoms with Gasteiger partial charge in [-0.2, -0.15) is 8.42 Å². The van der Waals surface area contributed by atoms with Crippen LogP contribution in [0.15, 0.2) is 0 Å². The SMILES string of the molecule is CC(C)(C)OC(=O)NC(CCOS(C)(=O)=O)C1CCC1. The van der Waals surface area contributed by atoms with Crippen LogP contribution < -0.4 is 5.32 Å². The Bertz CT molecular complexity index is 423. The topological polar surface area (TPSA) is 81.7 Å². The van der Waals surface area contributed by atoms with E-state index in [9.17, 15) is 13.2 Å². The Morgan fingerprint density at radius 2 is 1.95 bits per heavy atom. The predicted molar refractivity (Wildman–Crippen MR) is 75.9 cm³/mol. The lowest BCUT2D eigenvalue weighted by molar-refractivity contribution is 0.0454. The summed E-state index contributed by atoms with van der Waals surface area (Å²) < 4.78 is 31.8. The lowest BCUT2D eigenvalue weighted by atomic mass is 9.79. The molecule has 1 fully saturated rings. The van der Waals surface area contributed by atoms with E-state index in [2.05, 4.69) is 5.32 Å². The molecule has 0 saturated heterocycles. The smallest absolute Gasteiger partial charge is 0.407 e. The lowest BCUT2D eigenvalue weighted by Crippen LogP contribution is -2.45. The Labute approximate surface area is 121 Å². The van der Waals surface area contributed by atoms with E-state index in [0.717, 1.165) is 25.5 Å². The van der Waals surface area contributed by atoms with E-state index >= 15 is 0 Å². The summed E-state index contributed by atoms with van der Waals surface area (Å²) in [5.41, 5.74) is -0.544. The highest BCUT2D eigenvalue weighted by Gasteiger charge is 2.30. The molecule has 0 heterocycles. The number of alkyl carbamates (subject to hydrolysis) is 1. The van der Waals surface area contributed by atoms with Gasteiger partial charge in [-0.05, 0) is 46.0 Å². The number of ether oxygens (including phenoxy) is 1. The van der Waals surface area contributed by atoms with Crippen molar-refractivity contribution in [3.8, 4) is 0 Å². The number of nitrogens with one attached hydrogen (secondary N) is 1. The molecule has 118 valence electrons. The molecule has 0 aromatic carbocycles. The number of amides is 1. The summed E-state index contributed by atoms with van der Waals surface area (Å²) in [7, 11) is -3.44. The highest BCUT2D eigenvalue weighted by molar-refractivity contribution is 7.85. The molecule has 1 unspecified atom stereocenters. The van der Waals surface area contributed by atoms with Gasteiger partial charge in [-0.3, -0.25) is 4.18 Å². The number of rotatable bonds is 6. The van der Waals surface area contributed by atoms with Gasteiger partial charge in [0.25, 0.3) is 10.1 Å². The molecule has 0 aromatic rings. The Balaban J connectivity index is 2.46. The first-order valence-electron chi connectivity index (χ1n) is 6.91. The maximum Gasteiger partial charge on any atom is 0.407 e. The predicted octanol–water partition coefficient (Wildman–Crippen LogP) is 2.05. The van der Waals surface area contributed by atoms with Crippen LogP contribution >= 0.6 is 0 Å². The number of carbonyl (C=O) groups is 1. The third kappa shape index (κ3) is 7.09. The number of hydrogen-bond acceptors (Lipinski definition) is 5. The molecule has 7 heteroatoms. The standard InChI is InChI=1S/C13H25NO5S/c1-13(2,3)19-12(15)14-11(10-6-5-7-10)8-9-18-20(4,16)17/h10-11H,5-9H2,1-4H3,(H,14,15). The van der Waals surface area contributed by atoms with E-state index in [-0.39, 0.29) is 12.6 Å². The Morgan fingerprint density at radius 1 is 1.35 bits per heavy atom. The monoisotopic (exact) mass is 307 g/mol. The minimum absolute atomic E-state index is 0.0792. The molecular weight excluding hydrogens is 282 g/mol. The van der Waals surface area contributed by atoms with Crippen molar-refractivity contribution >= 4 is 16.2 Å². The Kier molecular flexibility index (Phi) is 5.82. The molecule has 0 radical (unpaired) electrons. The first kappa shape index (κ1) is 17.2. The normalized spacial score (nSPS) is 18.2. The molecule has 1 saturated carbocycles. The van der Waals surface area contributed by atoms with Crippen molar-refractivity contribution in [1.82, 2.24) is 5.32 Å². The number of hydrogen-bond donors (Lipinski definition) is 1. The highest BCUT2D eigenvalue weighted by atomic mass is 32.2. The van der Waals surface area contributed by atoms with Crippen LogP contribution in [0.1, 0.15) is 46.5 Å². The summed E-state index contributed by atoms with van der Waals surface area (Å²) in [6.45, 7) is 5.49. The fourth-order valence-corrected chi connectivity index (χ4v) is 2.45. The van der Waals surface area contributed by atoms with Gasteiger partial charge in [-0.15, -0.1) is 0 Å². The third-order valence-electron chi connectivity index (χ3n) is 3.15. The van der Waals surface area contributed by atoms with Crippen LogP contribution in [0.4, 0.5) is 4.79 Å². The van der Waals surface area contributed by atoms with Gasteiger partial charge >= 0.3 is 6.09 Å². The van der Waals surface area contributed by atoms with Gasteiger partial charge in [0.05, 0.1) is 12.9 Å². The van der Waals surface area contributed by atoms with Gasteiger partial charge in [0.2, 0.25) is 0 Å². The summed E-state index contributed by atoms with van der Waals surface area (Å²) in [4.78, 5) is 11.8. The fourth-order valence-electron chi connectivity index (χ4n) is 2.05. The van der Waals surface area contributed by atoms with Crippen LogP contribution in [-0.4, -0.2) is 39.0 Å². The summed E-state index contributed by atoms with van der Waals surface area (Å²) in [5.74, 6) is 0.380. The molecule has 1 aliphatic rings. The zero-order valence-corrected chi connectivity index (χ0v) is 13.5. The van der Waals surface area contributed by atoms with E-state index in [1.54, 1.807) is 20.8 Å². The van der Waals surface area contributed by atoms with Crippen LogP contribution in [0, 0.1) is 5.92 Å². The zero-order chi connectivity index (χ0) is 15.4. The van der Waals surface area contributed by atoms with Crippen molar-refractivity contribution in [2.75, 3.05) is 12.9 Å². The second kappa shape index (κ2) is 6.76. The summed E-state index contributed by atoms with van der Waals surface area (Å²) in [6.07, 6.45) is 4.25. The zero-order valence-electron chi connectivity index (χ0n) is 12.6. The van der Waals surface area contributed by atoms with Gasteiger partial charge in [0.1, 0.15) is 5.60 Å². The molecule has 0 aromatic heterocycles. The van der Waals surface area contributed by atoms with Crippen LogP contribution in [-0.2, 0) is 19.0 Å². The van der Waals surface area contributed by atoms with Crippen molar-refractivity contribution in [1.29, 1.82) is 0 Å². The molecular formula is C13H25NO5S. The third-order valence-corrected chi connectivity index (χ3v) is 3.74. The van der Waals surface area contributed by atoms with Crippen LogP contribution in [0.3, 0.4) is 0 Å². The molecule has 20 heavy (non-hydrogen) atoms. The Morgan fingerprint density at radius 3 is 2.35 bits per heavy atom.